The molecule has 98 valence electrons. The van der Waals surface area contributed by atoms with Crippen molar-refractivity contribution < 1.29 is 14.6 Å². The standard InChI is InChI=1S/C15H20O3/c16-11-15-7-6-14(18-15)8-13(15)10-17-9-12-4-2-1-3-5-12/h1-5,13-14,16H,6-11H2/t13-,14+,15+/m1/s1. The van der Waals surface area contributed by atoms with Gasteiger partial charge in [0, 0.05) is 5.92 Å². The zero-order chi connectivity index (χ0) is 12.4. The molecule has 0 saturated carbocycles. The second-order valence-corrected chi connectivity index (χ2v) is 5.43. The minimum atomic E-state index is -0.304. The SMILES string of the molecule is OC[C@@]12CC[C@@H](C[C@@H]1COCc1ccccc1)O2. The molecule has 0 amide bonds. The van der Waals surface area contributed by atoms with Crippen molar-refractivity contribution in [2.75, 3.05) is 13.2 Å². The van der Waals surface area contributed by atoms with Crippen LogP contribution in [-0.4, -0.2) is 30.0 Å². The van der Waals surface area contributed by atoms with Crippen molar-refractivity contribution in [3.8, 4) is 0 Å². The average molecular weight is 248 g/mol. The average Bonchev–Trinajstić information content (AvgIpc) is 2.98. The van der Waals surface area contributed by atoms with E-state index in [2.05, 4.69) is 12.1 Å². The first kappa shape index (κ1) is 12.2. The normalized spacial score (nSPS) is 34.1. The summed E-state index contributed by atoms with van der Waals surface area (Å²) in [6, 6.07) is 10.2. The Bertz CT molecular complexity index is 392. The first-order valence-electron chi connectivity index (χ1n) is 6.73. The monoisotopic (exact) mass is 248 g/mol. The fraction of sp³-hybridized carbons (Fsp3) is 0.600. The van der Waals surface area contributed by atoms with Crippen molar-refractivity contribution in [3.63, 3.8) is 0 Å². The Kier molecular flexibility index (Phi) is 3.37. The highest BCUT2D eigenvalue weighted by atomic mass is 16.5. The van der Waals surface area contributed by atoms with Gasteiger partial charge in [0.2, 0.25) is 0 Å². The molecule has 3 nitrogen and oxygen atoms in total. The lowest BCUT2D eigenvalue weighted by atomic mass is 9.79. The summed E-state index contributed by atoms with van der Waals surface area (Å²) in [7, 11) is 0. The van der Waals surface area contributed by atoms with Crippen LogP contribution in [-0.2, 0) is 16.1 Å². The summed E-state index contributed by atoms with van der Waals surface area (Å²) in [5.41, 5.74) is 0.890. The lowest BCUT2D eigenvalue weighted by Crippen LogP contribution is -2.40. The zero-order valence-corrected chi connectivity index (χ0v) is 10.5. The van der Waals surface area contributed by atoms with Gasteiger partial charge in [-0.15, -0.1) is 0 Å². The van der Waals surface area contributed by atoms with E-state index in [4.69, 9.17) is 9.47 Å². The van der Waals surface area contributed by atoms with Crippen molar-refractivity contribution in [2.45, 2.75) is 37.6 Å². The Labute approximate surface area is 108 Å². The van der Waals surface area contributed by atoms with Gasteiger partial charge in [-0.2, -0.15) is 0 Å². The molecule has 18 heavy (non-hydrogen) atoms. The van der Waals surface area contributed by atoms with Crippen molar-refractivity contribution in [3.05, 3.63) is 35.9 Å². The molecule has 3 atom stereocenters. The third-order valence-corrected chi connectivity index (χ3v) is 4.28. The number of rotatable bonds is 5. The molecular weight excluding hydrogens is 228 g/mol. The van der Waals surface area contributed by atoms with Gasteiger partial charge in [0.15, 0.2) is 0 Å². The van der Waals surface area contributed by atoms with Gasteiger partial charge in [0.1, 0.15) is 0 Å². The van der Waals surface area contributed by atoms with Crippen molar-refractivity contribution in [2.24, 2.45) is 5.92 Å². The van der Waals surface area contributed by atoms with Crippen LogP contribution in [0.25, 0.3) is 0 Å². The molecular formula is C15H20O3. The van der Waals surface area contributed by atoms with Crippen LogP contribution in [0, 0.1) is 5.92 Å². The molecule has 2 heterocycles. The third kappa shape index (κ3) is 2.18. The van der Waals surface area contributed by atoms with Gasteiger partial charge in [-0.25, -0.2) is 0 Å². The van der Waals surface area contributed by atoms with Crippen LogP contribution in [0.15, 0.2) is 30.3 Å². The van der Waals surface area contributed by atoms with E-state index in [1.54, 1.807) is 0 Å². The summed E-state index contributed by atoms with van der Waals surface area (Å²) >= 11 is 0. The van der Waals surface area contributed by atoms with Gasteiger partial charge in [0.25, 0.3) is 0 Å². The fourth-order valence-corrected chi connectivity index (χ4v) is 3.21. The molecule has 3 heteroatoms. The van der Waals surface area contributed by atoms with Gasteiger partial charge < -0.3 is 14.6 Å². The van der Waals surface area contributed by atoms with Crippen molar-refractivity contribution >= 4 is 0 Å². The molecule has 2 saturated heterocycles. The number of benzene rings is 1. The predicted molar refractivity (Wildman–Crippen MR) is 68.1 cm³/mol. The number of aliphatic hydroxyl groups is 1. The lowest BCUT2D eigenvalue weighted by molar-refractivity contribution is -0.0675. The first-order valence-corrected chi connectivity index (χ1v) is 6.73. The van der Waals surface area contributed by atoms with Gasteiger partial charge in [-0.1, -0.05) is 30.3 Å². The molecule has 1 aromatic carbocycles. The Balaban J connectivity index is 1.52. The van der Waals surface area contributed by atoms with E-state index in [0.29, 0.717) is 25.2 Å². The van der Waals surface area contributed by atoms with E-state index in [1.165, 1.54) is 5.56 Å². The molecule has 2 fully saturated rings. The minimum Gasteiger partial charge on any atom is -0.393 e. The van der Waals surface area contributed by atoms with E-state index in [9.17, 15) is 5.11 Å². The molecule has 0 radical (unpaired) electrons. The molecule has 1 aromatic rings. The number of aliphatic hydroxyl groups excluding tert-OH is 1. The Morgan fingerprint density at radius 3 is 2.89 bits per heavy atom. The highest BCUT2D eigenvalue weighted by molar-refractivity contribution is 5.13. The van der Waals surface area contributed by atoms with Crippen LogP contribution in [0.5, 0.6) is 0 Å². The maximum atomic E-state index is 9.55. The third-order valence-electron chi connectivity index (χ3n) is 4.28. The van der Waals surface area contributed by atoms with E-state index in [0.717, 1.165) is 19.3 Å². The van der Waals surface area contributed by atoms with Gasteiger partial charge in [0.05, 0.1) is 31.5 Å². The van der Waals surface area contributed by atoms with E-state index < -0.39 is 0 Å². The van der Waals surface area contributed by atoms with Gasteiger partial charge in [-0.3, -0.25) is 0 Å². The van der Waals surface area contributed by atoms with E-state index in [-0.39, 0.29) is 12.2 Å². The topological polar surface area (TPSA) is 38.7 Å². The number of hydrogen-bond acceptors (Lipinski definition) is 3. The molecule has 0 aliphatic carbocycles. The molecule has 2 aliphatic heterocycles. The van der Waals surface area contributed by atoms with Crippen LogP contribution in [0.3, 0.4) is 0 Å². The fourth-order valence-electron chi connectivity index (χ4n) is 3.21. The van der Waals surface area contributed by atoms with Crippen LogP contribution in [0.1, 0.15) is 24.8 Å². The molecule has 3 rings (SSSR count). The summed E-state index contributed by atoms with van der Waals surface area (Å²) in [5, 5.41) is 9.55. The number of ether oxygens (including phenoxy) is 2. The predicted octanol–water partition coefficient (Wildman–Crippen LogP) is 2.13. The van der Waals surface area contributed by atoms with Crippen LogP contribution in [0.4, 0.5) is 0 Å². The van der Waals surface area contributed by atoms with E-state index >= 15 is 0 Å². The Hall–Kier alpha value is -0.900. The Morgan fingerprint density at radius 2 is 2.17 bits per heavy atom. The maximum Gasteiger partial charge on any atom is 0.0967 e. The lowest BCUT2D eigenvalue weighted by Gasteiger charge is -2.30. The summed E-state index contributed by atoms with van der Waals surface area (Å²) in [6.07, 6.45) is 3.46. The van der Waals surface area contributed by atoms with Crippen LogP contribution in [0.2, 0.25) is 0 Å². The van der Waals surface area contributed by atoms with Crippen molar-refractivity contribution in [1.29, 1.82) is 0 Å². The minimum absolute atomic E-state index is 0.128. The van der Waals surface area contributed by atoms with Crippen LogP contribution < -0.4 is 0 Å². The summed E-state index contributed by atoms with van der Waals surface area (Å²) in [4.78, 5) is 0. The highest BCUT2D eigenvalue weighted by Crippen LogP contribution is 2.47. The number of fused-ring (bicyclic) bond motifs is 2. The second-order valence-electron chi connectivity index (χ2n) is 5.43. The van der Waals surface area contributed by atoms with Crippen molar-refractivity contribution in [1.82, 2.24) is 0 Å². The molecule has 1 N–H and O–H groups in total. The first-order chi connectivity index (χ1) is 8.82. The quantitative estimate of drug-likeness (QED) is 0.867. The molecule has 2 aliphatic rings. The summed E-state index contributed by atoms with van der Waals surface area (Å²) in [5.74, 6) is 0.352. The molecule has 0 unspecified atom stereocenters. The smallest absolute Gasteiger partial charge is 0.0967 e. The maximum absolute atomic E-state index is 9.55. The molecule has 0 spiro atoms. The van der Waals surface area contributed by atoms with E-state index in [1.807, 2.05) is 18.2 Å². The Morgan fingerprint density at radius 1 is 1.33 bits per heavy atom. The van der Waals surface area contributed by atoms with Gasteiger partial charge in [-0.05, 0) is 24.8 Å². The zero-order valence-electron chi connectivity index (χ0n) is 10.5. The largest absolute Gasteiger partial charge is 0.393 e. The second kappa shape index (κ2) is 5.00. The van der Waals surface area contributed by atoms with Gasteiger partial charge >= 0.3 is 0 Å². The molecule has 0 aromatic heterocycles. The molecule has 2 bridgehead atoms. The van der Waals surface area contributed by atoms with Crippen LogP contribution >= 0.6 is 0 Å². The highest BCUT2D eigenvalue weighted by Gasteiger charge is 2.52. The number of hydrogen-bond donors (Lipinski definition) is 1. The summed E-state index contributed by atoms with van der Waals surface area (Å²) in [6.45, 7) is 1.46. The summed E-state index contributed by atoms with van der Waals surface area (Å²) < 4.78 is 11.7.